The largest absolute Gasteiger partial charge is 0.454 e. The Kier molecular flexibility index (Phi) is 3.20. The minimum atomic E-state index is 0.238. The Labute approximate surface area is 138 Å². The number of hydrogen-bond acceptors (Lipinski definition) is 5. The first kappa shape index (κ1) is 13.5. The van der Waals surface area contributed by atoms with Gasteiger partial charge in [-0.3, -0.25) is 0 Å². The Morgan fingerprint density at radius 3 is 2.73 bits per heavy atom. The zero-order valence-corrected chi connectivity index (χ0v) is 13.7. The van der Waals surface area contributed by atoms with Crippen LogP contribution in [0.1, 0.15) is 0 Å². The van der Waals surface area contributed by atoms with Crippen LogP contribution in [0.5, 0.6) is 0 Å². The number of nitrogens with zero attached hydrogens (tertiary/aromatic N) is 2. The molecule has 3 heterocycles. The van der Waals surface area contributed by atoms with Crippen molar-refractivity contribution in [3.63, 3.8) is 0 Å². The number of hydrogen-bond donors (Lipinski definition) is 1. The summed E-state index contributed by atoms with van der Waals surface area (Å²) in [7, 11) is 0. The third-order valence-electron chi connectivity index (χ3n) is 3.25. The average molecular weight is 372 g/mol. The van der Waals surface area contributed by atoms with Gasteiger partial charge in [-0.1, -0.05) is 22.0 Å². The topological polar surface area (TPSA) is 64.9 Å². The fraction of sp³-hybridized carbons (Fsp3) is 0. The van der Waals surface area contributed by atoms with Crippen LogP contribution in [-0.4, -0.2) is 9.97 Å². The van der Waals surface area contributed by atoms with Crippen LogP contribution in [0.2, 0.25) is 0 Å². The van der Waals surface area contributed by atoms with Crippen LogP contribution in [0, 0.1) is 0 Å². The van der Waals surface area contributed by atoms with Crippen LogP contribution in [-0.2, 0) is 0 Å². The van der Waals surface area contributed by atoms with Gasteiger partial charge in [0.2, 0.25) is 5.95 Å². The highest BCUT2D eigenvalue weighted by atomic mass is 79.9. The number of aromatic nitrogens is 2. The SMILES string of the molecule is Nc1nc(-c2cc3cc(Br)ccc3o2)cc(-c2cccs2)n1. The third kappa shape index (κ3) is 2.40. The molecular formula is C16H10BrN3OS. The van der Waals surface area contributed by atoms with E-state index < -0.39 is 0 Å². The van der Waals surface area contributed by atoms with Gasteiger partial charge in [0.1, 0.15) is 11.3 Å². The van der Waals surface area contributed by atoms with Crippen molar-refractivity contribution in [1.82, 2.24) is 9.97 Å². The number of halogens is 1. The summed E-state index contributed by atoms with van der Waals surface area (Å²) in [5.41, 5.74) is 8.16. The first-order valence-corrected chi connectivity index (χ1v) is 8.24. The Balaban J connectivity index is 1.87. The number of furan rings is 1. The molecule has 0 amide bonds. The van der Waals surface area contributed by atoms with Crippen molar-refractivity contribution in [1.29, 1.82) is 0 Å². The summed E-state index contributed by atoms with van der Waals surface area (Å²) in [5.74, 6) is 0.919. The summed E-state index contributed by atoms with van der Waals surface area (Å²) < 4.78 is 6.88. The molecule has 1 aromatic carbocycles. The molecule has 4 rings (SSSR count). The first-order valence-electron chi connectivity index (χ1n) is 6.57. The molecule has 0 aliphatic carbocycles. The van der Waals surface area contributed by atoms with Crippen molar-refractivity contribution in [2.24, 2.45) is 0 Å². The molecule has 0 unspecified atom stereocenters. The minimum Gasteiger partial charge on any atom is -0.454 e. The summed E-state index contributed by atoms with van der Waals surface area (Å²) in [5, 5.41) is 3.02. The van der Waals surface area contributed by atoms with Gasteiger partial charge < -0.3 is 10.2 Å². The molecule has 0 atom stereocenters. The monoisotopic (exact) mass is 371 g/mol. The number of thiophene rings is 1. The van der Waals surface area contributed by atoms with Crippen LogP contribution in [0.15, 0.2) is 56.7 Å². The molecule has 4 aromatic rings. The van der Waals surface area contributed by atoms with Gasteiger partial charge >= 0.3 is 0 Å². The first-order chi connectivity index (χ1) is 10.7. The molecule has 0 bridgehead atoms. The van der Waals surface area contributed by atoms with E-state index in [0.29, 0.717) is 11.5 Å². The van der Waals surface area contributed by atoms with Gasteiger partial charge in [-0.2, -0.15) is 0 Å². The fourth-order valence-electron chi connectivity index (χ4n) is 2.28. The maximum absolute atomic E-state index is 5.87. The lowest BCUT2D eigenvalue weighted by Crippen LogP contribution is -1.97. The normalized spacial score (nSPS) is 11.1. The highest BCUT2D eigenvalue weighted by Gasteiger charge is 2.12. The van der Waals surface area contributed by atoms with Crippen LogP contribution in [0.25, 0.3) is 33.0 Å². The summed E-state index contributed by atoms with van der Waals surface area (Å²) in [6, 6.07) is 13.7. The molecule has 0 saturated carbocycles. The van der Waals surface area contributed by atoms with E-state index in [2.05, 4.69) is 25.9 Å². The smallest absolute Gasteiger partial charge is 0.221 e. The summed E-state index contributed by atoms with van der Waals surface area (Å²) in [6.07, 6.45) is 0. The standard InChI is InChI=1S/C16H10BrN3OS/c17-10-3-4-13-9(6-10)7-14(21-13)11-8-12(20-16(18)19-11)15-2-1-5-22-15/h1-8H,(H2,18,19,20). The lowest BCUT2D eigenvalue weighted by Gasteiger charge is -2.02. The summed E-state index contributed by atoms with van der Waals surface area (Å²) in [4.78, 5) is 9.65. The van der Waals surface area contributed by atoms with E-state index in [0.717, 1.165) is 26.0 Å². The molecule has 22 heavy (non-hydrogen) atoms. The number of fused-ring (bicyclic) bond motifs is 1. The average Bonchev–Trinajstić information content (AvgIpc) is 3.15. The van der Waals surface area contributed by atoms with Gasteiger partial charge in [0.05, 0.1) is 10.6 Å². The number of benzene rings is 1. The Morgan fingerprint density at radius 2 is 1.91 bits per heavy atom. The second-order valence-corrected chi connectivity index (χ2v) is 6.63. The molecule has 0 aliphatic rings. The molecule has 0 radical (unpaired) electrons. The van der Waals surface area contributed by atoms with Gasteiger partial charge in [-0.25, -0.2) is 9.97 Å². The molecule has 0 saturated heterocycles. The van der Waals surface area contributed by atoms with Gasteiger partial charge in [0.15, 0.2) is 5.76 Å². The van der Waals surface area contributed by atoms with Crippen LogP contribution < -0.4 is 5.73 Å². The highest BCUT2D eigenvalue weighted by Crippen LogP contribution is 2.31. The van der Waals surface area contributed by atoms with Crippen molar-refractivity contribution in [2.75, 3.05) is 5.73 Å². The van der Waals surface area contributed by atoms with E-state index >= 15 is 0 Å². The minimum absolute atomic E-state index is 0.238. The van der Waals surface area contributed by atoms with Gasteiger partial charge in [0.25, 0.3) is 0 Å². The molecule has 6 heteroatoms. The van der Waals surface area contributed by atoms with Crippen LogP contribution in [0.4, 0.5) is 5.95 Å². The van der Waals surface area contributed by atoms with E-state index in [9.17, 15) is 0 Å². The van der Waals surface area contributed by atoms with Crippen molar-refractivity contribution in [3.8, 4) is 22.0 Å². The van der Waals surface area contributed by atoms with Crippen molar-refractivity contribution in [3.05, 3.63) is 52.3 Å². The van der Waals surface area contributed by atoms with E-state index in [1.165, 1.54) is 0 Å². The van der Waals surface area contributed by atoms with Gasteiger partial charge in [-0.05, 0) is 41.8 Å². The lowest BCUT2D eigenvalue weighted by molar-refractivity contribution is 0.628. The quantitative estimate of drug-likeness (QED) is 0.540. The van der Waals surface area contributed by atoms with E-state index in [1.807, 2.05) is 47.8 Å². The van der Waals surface area contributed by atoms with E-state index in [4.69, 9.17) is 10.2 Å². The molecule has 4 nitrogen and oxygen atoms in total. The molecule has 2 N–H and O–H groups in total. The van der Waals surface area contributed by atoms with Crippen molar-refractivity contribution >= 4 is 44.2 Å². The summed E-state index contributed by atoms with van der Waals surface area (Å²) in [6.45, 7) is 0. The zero-order valence-electron chi connectivity index (χ0n) is 11.3. The Hall–Kier alpha value is -2.18. The summed E-state index contributed by atoms with van der Waals surface area (Å²) >= 11 is 5.07. The highest BCUT2D eigenvalue weighted by molar-refractivity contribution is 9.10. The molecule has 0 fully saturated rings. The predicted molar refractivity (Wildman–Crippen MR) is 92.7 cm³/mol. The van der Waals surface area contributed by atoms with E-state index in [-0.39, 0.29) is 5.95 Å². The second-order valence-electron chi connectivity index (χ2n) is 4.77. The number of anilines is 1. The van der Waals surface area contributed by atoms with Crippen LogP contribution >= 0.6 is 27.3 Å². The second kappa shape index (κ2) is 5.23. The van der Waals surface area contributed by atoms with Crippen molar-refractivity contribution < 1.29 is 4.42 Å². The maximum Gasteiger partial charge on any atom is 0.221 e. The molecule has 0 aliphatic heterocycles. The van der Waals surface area contributed by atoms with Crippen LogP contribution in [0.3, 0.4) is 0 Å². The van der Waals surface area contributed by atoms with Crippen molar-refractivity contribution in [2.45, 2.75) is 0 Å². The molecule has 108 valence electrons. The van der Waals surface area contributed by atoms with Gasteiger partial charge in [0, 0.05) is 9.86 Å². The fourth-order valence-corrected chi connectivity index (χ4v) is 3.35. The number of nitrogens with two attached hydrogens (primary N) is 1. The lowest BCUT2D eigenvalue weighted by atomic mass is 10.2. The third-order valence-corrected chi connectivity index (χ3v) is 4.63. The van der Waals surface area contributed by atoms with Gasteiger partial charge in [-0.15, -0.1) is 11.3 Å². The molecule has 0 spiro atoms. The number of nitrogen functional groups attached to an aromatic ring is 1. The van der Waals surface area contributed by atoms with E-state index in [1.54, 1.807) is 11.3 Å². The predicted octanol–water partition coefficient (Wildman–Crippen LogP) is 4.96. The maximum atomic E-state index is 5.87. The number of rotatable bonds is 2. The Bertz CT molecular complexity index is 963. The molecular weight excluding hydrogens is 362 g/mol. The molecule has 3 aromatic heterocycles. The zero-order chi connectivity index (χ0) is 15.1. The Morgan fingerprint density at radius 1 is 1.05 bits per heavy atom.